The van der Waals surface area contributed by atoms with Gasteiger partial charge in [0.15, 0.2) is 0 Å². The van der Waals surface area contributed by atoms with E-state index in [0.29, 0.717) is 17.6 Å². The lowest BCUT2D eigenvalue weighted by atomic mass is 9.85. The molecule has 3 nitrogen and oxygen atoms in total. The molecule has 2 fully saturated rings. The predicted molar refractivity (Wildman–Crippen MR) is 66.4 cm³/mol. The van der Waals surface area contributed by atoms with Crippen molar-refractivity contribution in [2.75, 3.05) is 26.2 Å². The van der Waals surface area contributed by atoms with Crippen molar-refractivity contribution in [3.63, 3.8) is 0 Å². The van der Waals surface area contributed by atoms with Crippen molar-refractivity contribution in [1.29, 1.82) is 0 Å². The summed E-state index contributed by atoms with van der Waals surface area (Å²) in [7, 11) is 0. The second-order valence-corrected chi connectivity index (χ2v) is 5.86. The molecule has 0 aromatic carbocycles. The molecular formula is C13H26N2O. The molecule has 0 spiro atoms. The first-order chi connectivity index (χ1) is 7.63. The first kappa shape index (κ1) is 12.3. The van der Waals surface area contributed by atoms with Crippen LogP contribution in [-0.2, 0) is 4.74 Å². The Bertz CT molecular complexity index is 216. The standard InChI is InChI=1S/C13H26N2O/c1-11-7-15(8-12(2)16-11)10-13(9-14)5-3-4-6-13/h11-12H,3-10,14H2,1-2H3/t11-,12+. The normalized spacial score (nSPS) is 35.4. The molecule has 2 N–H and O–H groups in total. The monoisotopic (exact) mass is 226 g/mol. The van der Waals surface area contributed by atoms with E-state index in [0.717, 1.165) is 19.6 Å². The lowest BCUT2D eigenvalue weighted by Gasteiger charge is -2.40. The molecule has 0 aromatic rings. The van der Waals surface area contributed by atoms with E-state index in [9.17, 15) is 0 Å². The summed E-state index contributed by atoms with van der Waals surface area (Å²) in [5.74, 6) is 0. The van der Waals surface area contributed by atoms with E-state index in [-0.39, 0.29) is 0 Å². The van der Waals surface area contributed by atoms with Crippen LogP contribution in [0.1, 0.15) is 39.5 Å². The highest BCUT2D eigenvalue weighted by Gasteiger charge is 2.36. The number of rotatable bonds is 3. The molecule has 0 unspecified atom stereocenters. The molecule has 94 valence electrons. The van der Waals surface area contributed by atoms with Gasteiger partial charge >= 0.3 is 0 Å². The second kappa shape index (κ2) is 5.03. The molecule has 2 aliphatic rings. The van der Waals surface area contributed by atoms with E-state index in [1.165, 1.54) is 32.2 Å². The van der Waals surface area contributed by atoms with Crippen LogP contribution in [0.4, 0.5) is 0 Å². The van der Waals surface area contributed by atoms with E-state index in [2.05, 4.69) is 18.7 Å². The Balaban J connectivity index is 1.92. The van der Waals surface area contributed by atoms with Crippen molar-refractivity contribution in [3.05, 3.63) is 0 Å². The lowest BCUT2D eigenvalue weighted by Crippen LogP contribution is -2.50. The molecule has 16 heavy (non-hydrogen) atoms. The summed E-state index contributed by atoms with van der Waals surface area (Å²) in [5.41, 5.74) is 6.41. The highest BCUT2D eigenvalue weighted by molar-refractivity contribution is 4.90. The summed E-state index contributed by atoms with van der Waals surface area (Å²) in [5, 5.41) is 0. The van der Waals surface area contributed by atoms with Gasteiger partial charge < -0.3 is 10.5 Å². The van der Waals surface area contributed by atoms with Gasteiger partial charge in [-0.3, -0.25) is 4.90 Å². The topological polar surface area (TPSA) is 38.5 Å². The Morgan fingerprint density at radius 3 is 2.25 bits per heavy atom. The van der Waals surface area contributed by atoms with Gasteiger partial charge in [0, 0.05) is 19.6 Å². The largest absolute Gasteiger partial charge is 0.373 e. The SMILES string of the molecule is C[C@@H]1CN(CC2(CN)CCCC2)C[C@H](C)O1. The van der Waals surface area contributed by atoms with E-state index in [4.69, 9.17) is 10.5 Å². The number of hydrogen-bond acceptors (Lipinski definition) is 3. The van der Waals surface area contributed by atoms with E-state index in [1.54, 1.807) is 0 Å². The van der Waals surface area contributed by atoms with Crippen molar-refractivity contribution >= 4 is 0 Å². The van der Waals surface area contributed by atoms with E-state index >= 15 is 0 Å². The maximum absolute atomic E-state index is 6.00. The van der Waals surface area contributed by atoms with Gasteiger partial charge in [-0.1, -0.05) is 12.8 Å². The minimum Gasteiger partial charge on any atom is -0.373 e. The zero-order chi connectivity index (χ0) is 11.6. The van der Waals surface area contributed by atoms with Crippen LogP contribution in [0.2, 0.25) is 0 Å². The Morgan fingerprint density at radius 2 is 1.75 bits per heavy atom. The van der Waals surface area contributed by atoms with Crippen molar-refractivity contribution in [2.45, 2.75) is 51.7 Å². The fourth-order valence-corrected chi connectivity index (χ4v) is 3.44. The molecule has 0 aromatic heterocycles. The summed E-state index contributed by atoms with van der Waals surface area (Å²) in [6, 6.07) is 0. The summed E-state index contributed by atoms with van der Waals surface area (Å²) < 4.78 is 5.77. The summed E-state index contributed by atoms with van der Waals surface area (Å²) in [6.45, 7) is 8.53. The van der Waals surface area contributed by atoms with Crippen LogP contribution in [0.25, 0.3) is 0 Å². The van der Waals surface area contributed by atoms with E-state index < -0.39 is 0 Å². The van der Waals surface area contributed by atoms with Gasteiger partial charge in [0.05, 0.1) is 12.2 Å². The molecule has 1 saturated carbocycles. The molecule has 3 heteroatoms. The number of nitrogens with zero attached hydrogens (tertiary/aromatic N) is 1. The van der Waals surface area contributed by atoms with Gasteiger partial charge in [0.25, 0.3) is 0 Å². The van der Waals surface area contributed by atoms with Crippen LogP contribution in [-0.4, -0.2) is 43.3 Å². The minimum absolute atomic E-state index is 0.375. The molecule has 0 radical (unpaired) electrons. The highest BCUT2D eigenvalue weighted by atomic mass is 16.5. The average Bonchev–Trinajstić information content (AvgIpc) is 2.65. The summed E-state index contributed by atoms with van der Waals surface area (Å²) >= 11 is 0. The van der Waals surface area contributed by atoms with Gasteiger partial charge in [0.2, 0.25) is 0 Å². The first-order valence-corrected chi connectivity index (χ1v) is 6.71. The Labute approximate surface area is 99.3 Å². The van der Waals surface area contributed by atoms with Crippen LogP contribution in [0.3, 0.4) is 0 Å². The summed E-state index contributed by atoms with van der Waals surface area (Å²) in [6.07, 6.45) is 6.13. The van der Waals surface area contributed by atoms with E-state index in [1.807, 2.05) is 0 Å². The van der Waals surface area contributed by atoms with Gasteiger partial charge in [-0.2, -0.15) is 0 Å². The molecule has 0 bridgehead atoms. The molecule has 1 heterocycles. The maximum Gasteiger partial charge on any atom is 0.0678 e. The Hall–Kier alpha value is -0.120. The van der Waals surface area contributed by atoms with Crippen LogP contribution in [0.5, 0.6) is 0 Å². The molecule has 2 rings (SSSR count). The Morgan fingerprint density at radius 1 is 1.19 bits per heavy atom. The number of nitrogens with two attached hydrogens (primary N) is 1. The molecule has 0 amide bonds. The quantitative estimate of drug-likeness (QED) is 0.794. The fraction of sp³-hybridized carbons (Fsp3) is 1.00. The van der Waals surface area contributed by atoms with Crippen molar-refractivity contribution < 1.29 is 4.74 Å². The maximum atomic E-state index is 6.00. The van der Waals surface area contributed by atoms with Gasteiger partial charge in [0.1, 0.15) is 0 Å². The van der Waals surface area contributed by atoms with Gasteiger partial charge in [-0.25, -0.2) is 0 Å². The van der Waals surface area contributed by atoms with Gasteiger partial charge in [-0.15, -0.1) is 0 Å². The van der Waals surface area contributed by atoms with Crippen LogP contribution in [0.15, 0.2) is 0 Å². The molecule has 1 aliphatic heterocycles. The smallest absolute Gasteiger partial charge is 0.0678 e. The number of morpholine rings is 1. The van der Waals surface area contributed by atoms with Crippen molar-refractivity contribution in [2.24, 2.45) is 11.1 Å². The highest BCUT2D eigenvalue weighted by Crippen LogP contribution is 2.38. The lowest BCUT2D eigenvalue weighted by molar-refractivity contribution is -0.0769. The second-order valence-electron chi connectivity index (χ2n) is 5.86. The zero-order valence-electron chi connectivity index (χ0n) is 10.7. The van der Waals surface area contributed by atoms with Crippen LogP contribution in [0, 0.1) is 5.41 Å². The van der Waals surface area contributed by atoms with Crippen LogP contribution >= 0.6 is 0 Å². The Kier molecular flexibility index (Phi) is 3.88. The number of ether oxygens (including phenoxy) is 1. The van der Waals surface area contributed by atoms with Gasteiger partial charge in [-0.05, 0) is 38.6 Å². The van der Waals surface area contributed by atoms with Crippen molar-refractivity contribution in [3.8, 4) is 0 Å². The van der Waals surface area contributed by atoms with Crippen molar-refractivity contribution in [1.82, 2.24) is 4.90 Å². The third-order valence-corrected chi connectivity index (χ3v) is 4.15. The van der Waals surface area contributed by atoms with Crippen LogP contribution < -0.4 is 5.73 Å². The molecule has 2 atom stereocenters. The average molecular weight is 226 g/mol. The molecular weight excluding hydrogens is 200 g/mol. The fourth-order valence-electron chi connectivity index (χ4n) is 3.44. The molecule has 1 saturated heterocycles. The third-order valence-electron chi connectivity index (χ3n) is 4.15. The predicted octanol–water partition coefficient (Wildman–Crippen LogP) is 1.61. The zero-order valence-corrected chi connectivity index (χ0v) is 10.7. The number of hydrogen-bond donors (Lipinski definition) is 1. The minimum atomic E-state index is 0.375. The third kappa shape index (κ3) is 2.76. The summed E-state index contributed by atoms with van der Waals surface area (Å²) in [4.78, 5) is 2.57. The molecule has 1 aliphatic carbocycles. The first-order valence-electron chi connectivity index (χ1n) is 6.71.